The van der Waals surface area contributed by atoms with E-state index < -0.39 is 6.09 Å². The monoisotopic (exact) mass is 299 g/mol. The summed E-state index contributed by atoms with van der Waals surface area (Å²) in [6.07, 6.45) is 2.99. The van der Waals surface area contributed by atoms with Gasteiger partial charge in [0.05, 0.1) is 11.0 Å². The van der Waals surface area contributed by atoms with Crippen molar-refractivity contribution in [3.05, 3.63) is 0 Å². The molecule has 5 heteroatoms. The summed E-state index contributed by atoms with van der Waals surface area (Å²) in [7, 11) is 0. The van der Waals surface area contributed by atoms with E-state index in [0.717, 1.165) is 12.8 Å². The summed E-state index contributed by atoms with van der Waals surface area (Å²) in [5.74, 6) is 2.40. The first kappa shape index (κ1) is 14.9. The van der Waals surface area contributed by atoms with Gasteiger partial charge in [0.15, 0.2) is 0 Å². The molecule has 0 atom stereocenters. The van der Waals surface area contributed by atoms with Crippen molar-refractivity contribution in [3.63, 3.8) is 0 Å². The third-order valence-corrected chi connectivity index (χ3v) is 1.27. The summed E-state index contributed by atoms with van der Waals surface area (Å²) >= 11 is 2.05. The molecule has 0 aromatic rings. The van der Waals surface area contributed by atoms with Crippen molar-refractivity contribution in [1.29, 1.82) is 0 Å². The Morgan fingerprint density at radius 1 is 1.69 bits per heavy atom. The van der Waals surface area contributed by atoms with Crippen molar-refractivity contribution in [1.82, 2.24) is 0 Å². The van der Waals surface area contributed by atoms with E-state index in [9.17, 15) is 4.79 Å². The highest BCUT2D eigenvalue weighted by Gasteiger charge is 1.88. The normalized spacial score (nSPS) is 7.23. The molecule has 0 aromatic heterocycles. The van der Waals surface area contributed by atoms with Gasteiger partial charge in [-0.2, -0.15) is 0 Å². The Balaban J connectivity index is 0. The molecule has 4 nitrogen and oxygen atoms in total. The maximum atomic E-state index is 9.87. The fourth-order valence-electron chi connectivity index (χ4n) is 0.347. The number of hydrogen-bond donors (Lipinski definition) is 2. The second-order valence-corrected chi connectivity index (χ2v) is 2.71. The van der Waals surface area contributed by atoms with E-state index in [1.54, 1.807) is 6.11 Å². The molecule has 0 aliphatic heterocycles. The van der Waals surface area contributed by atoms with Crippen LogP contribution >= 0.6 is 22.6 Å². The fourth-order valence-corrected chi connectivity index (χ4v) is 0.518. The molecular weight excluding hydrogens is 285 g/mol. The maximum Gasteiger partial charge on any atom is 0.404 e. The van der Waals surface area contributed by atoms with E-state index in [1.165, 1.54) is 0 Å². The van der Waals surface area contributed by atoms with Gasteiger partial charge >= 0.3 is 6.09 Å². The number of ether oxygens (including phenoxy) is 1. The highest BCUT2D eigenvalue weighted by molar-refractivity contribution is 14.1. The molecule has 0 fully saturated rings. The summed E-state index contributed by atoms with van der Waals surface area (Å²) in [5.41, 5.74) is 4.67. The minimum atomic E-state index is -0.682. The lowest BCUT2D eigenvalue weighted by atomic mass is 10.4. The van der Waals surface area contributed by atoms with Crippen LogP contribution in [0.25, 0.3) is 0 Å². The van der Waals surface area contributed by atoms with Crippen LogP contribution in [0, 0.1) is 12.0 Å². The zero-order valence-corrected chi connectivity index (χ0v) is 9.70. The van der Waals surface area contributed by atoms with Gasteiger partial charge < -0.3 is 15.6 Å². The number of rotatable bonds is 3. The molecule has 0 aliphatic carbocycles. The molecule has 3 N–H and O–H groups in total. The topological polar surface area (TPSA) is 72.5 Å². The average Bonchev–Trinajstić information content (AvgIpc) is 2.07. The number of hydrogen-bond acceptors (Lipinski definition) is 3. The van der Waals surface area contributed by atoms with Crippen LogP contribution in [-0.2, 0) is 4.74 Å². The molecular formula is C8H14INO3. The smallest absolute Gasteiger partial charge is 0.404 e. The van der Waals surface area contributed by atoms with Crippen molar-refractivity contribution in [2.24, 2.45) is 5.73 Å². The Morgan fingerprint density at radius 3 is 2.54 bits per heavy atom. The highest BCUT2D eigenvalue weighted by Crippen LogP contribution is 1.85. The number of aliphatic hydroxyl groups is 1. The number of nitrogens with two attached hydrogens (primary N) is 1. The molecule has 13 heavy (non-hydrogen) atoms. The Kier molecular flexibility index (Phi) is 15.9. The van der Waals surface area contributed by atoms with Gasteiger partial charge in [0.25, 0.3) is 0 Å². The molecule has 0 unspecified atom stereocenters. The van der Waals surface area contributed by atoms with Crippen LogP contribution in [0.2, 0.25) is 0 Å². The lowest BCUT2D eigenvalue weighted by molar-refractivity contribution is 0.155. The molecule has 0 aliphatic rings. The lowest BCUT2D eigenvalue weighted by Gasteiger charge is -1.95. The molecule has 76 valence electrons. The largest absolute Gasteiger partial charge is 0.462 e. The van der Waals surface area contributed by atoms with Crippen LogP contribution in [0.4, 0.5) is 4.79 Å². The Bertz CT molecular complexity index is 174. The van der Waals surface area contributed by atoms with Gasteiger partial charge in [-0.1, -0.05) is 35.9 Å². The first-order valence-electron chi connectivity index (χ1n) is 3.79. The molecule has 0 bridgehead atoms. The highest BCUT2D eigenvalue weighted by atomic mass is 127. The van der Waals surface area contributed by atoms with E-state index in [-0.39, 0.29) is 0 Å². The Hall–Kier alpha value is -0.640. The molecule has 0 heterocycles. The van der Waals surface area contributed by atoms with Crippen molar-refractivity contribution >= 4 is 28.7 Å². The number of primary amides is 1. The van der Waals surface area contributed by atoms with Crippen LogP contribution in [0.15, 0.2) is 0 Å². The molecule has 0 saturated carbocycles. The van der Waals surface area contributed by atoms with Crippen LogP contribution in [0.5, 0.6) is 0 Å². The van der Waals surface area contributed by atoms with E-state index in [2.05, 4.69) is 39.0 Å². The summed E-state index contributed by atoms with van der Waals surface area (Å²) < 4.78 is 5.12. The molecule has 0 radical (unpaired) electrons. The second kappa shape index (κ2) is 13.9. The molecule has 0 aromatic carbocycles. The number of halogens is 1. The van der Waals surface area contributed by atoms with E-state index >= 15 is 0 Å². The molecule has 0 rings (SSSR count). The number of carbonyl (C=O) groups is 1. The van der Waals surface area contributed by atoms with Crippen LogP contribution in [0.3, 0.4) is 0 Å². The van der Waals surface area contributed by atoms with Crippen molar-refractivity contribution in [2.45, 2.75) is 19.8 Å². The number of carbonyl (C=O) groups excluding carboxylic acids is 1. The Labute approximate surface area is 92.0 Å². The van der Waals surface area contributed by atoms with Gasteiger partial charge in [-0.3, -0.25) is 0 Å². The zero-order valence-electron chi connectivity index (χ0n) is 7.55. The van der Waals surface area contributed by atoms with Crippen molar-refractivity contribution in [2.75, 3.05) is 11.0 Å². The summed E-state index contributed by atoms with van der Waals surface area (Å²) in [4.78, 5) is 9.87. The van der Waals surface area contributed by atoms with Gasteiger partial charge in [-0.05, 0) is 12.3 Å². The van der Waals surface area contributed by atoms with Crippen LogP contribution in [-0.4, -0.2) is 22.2 Å². The van der Waals surface area contributed by atoms with Gasteiger partial charge in [0.1, 0.15) is 6.11 Å². The first-order chi connectivity index (χ1) is 6.18. The standard InChI is InChI=1S/C5H11NO2.C3H3IO/c1-2-3-4-8-5(6)7;4-2-1-3-5/h2-4H2,1H3,(H2,6,7);5H,2H2. The molecule has 1 amide bonds. The van der Waals surface area contributed by atoms with Gasteiger partial charge in [0, 0.05) is 0 Å². The molecule has 0 spiro atoms. The first-order valence-corrected chi connectivity index (χ1v) is 5.31. The predicted molar refractivity (Wildman–Crippen MR) is 59.0 cm³/mol. The van der Waals surface area contributed by atoms with Gasteiger partial charge in [-0.15, -0.1) is 0 Å². The van der Waals surface area contributed by atoms with E-state index in [4.69, 9.17) is 5.11 Å². The SMILES string of the molecule is CCCCOC(N)=O.OC#CCI. The van der Waals surface area contributed by atoms with Crippen LogP contribution in [0.1, 0.15) is 19.8 Å². The lowest BCUT2D eigenvalue weighted by Crippen LogP contribution is -2.13. The third-order valence-electron chi connectivity index (χ3n) is 0.888. The number of alkyl halides is 1. The summed E-state index contributed by atoms with van der Waals surface area (Å²) in [5, 5.41) is 7.70. The minimum Gasteiger partial charge on any atom is -0.462 e. The van der Waals surface area contributed by atoms with E-state index in [1.807, 2.05) is 6.92 Å². The predicted octanol–water partition coefficient (Wildman–Crippen LogP) is 1.64. The zero-order chi connectivity index (χ0) is 10.5. The third kappa shape index (κ3) is 24.6. The quantitative estimate of drug-likeness (QED) is 0.360. The van der Waals surface area contributed by atoms with Crippen LogP contribution < -0.4 is 5.73 Å². The van der Waals surface area contributed by atoms with E-state index in [0.29, 0.717) is 11.0 Å². The fraction of sp³-hybridized carbons (Fsp3) is 0.625. The Morgan fingerprint density at radius 2 is 2.31 bits per heavy atom. The van der Waals surface area contributed by atoms with Gasteiger partial charge in [-0.25, -0.2) is 4.79 Å². The summed E-state index contributed by atoms with van der Waals surface area (Å²) in [6, 6.07) is 0. The maximum absolute atomic E-state index is 9.87. The number of unbranched alkanes of at least 4 members (excludes halogenated alkanes) is 1. The minimum absolute atomic E-state index is 0.450. The van der Waals surface area contributed by atoms with Gasteiger partial charge in [0.2, 0.25) is 0 Å². The average molecular weight is 299 g/mol. The van der Waals surface area contributed by atoms with Crippen molar-refractivity contribution < 1.29 is 14.6 Å². The summed E-state index contributed by atoms with van der Waals surface area (Å²) in [6.45, 7) is 2.47. The number of aliphatic hydroxyl groups excluding tert-OH is 1. The second-order valence-electron chi connectivity index (χ2n) is 1.94. The number of amides is 1. The van der Waals surface area contributed by atoms with Crippen molar-refractivity contribution in [3.8, 4) is 12.0 Å². The molecule has 0 saturated heterocycles.